The summed E-state index contributed by atoms with van der Waals surface area (Å²) in [4.78, 5) is 23.1. The molecule has 0 saturated heterocycles. The molecular weight excluding hydrogens is 230 g/mol. The molecule has 0 radical (unpaired) electrons. The van der Waals surface area contributed by atoms with Crippen molar-refractivity contribution in [1.29, 1.82) is 0 Å². The maximum atomic E-state index is 11.8. The quantitative estimate of drug-likeness (QED) is 0.643. The van der Waals surface area contributed by atoms with Crippen LogP contribution in [0.15, 0.2) is 24.3 Å². The van der Waals surface area contributed by atoms with Crippen molar-refractivity contribution >= 4 is 11.9 Å². The molecule has 0 saturated carbocycles. The molecule has 4 nitrogen and oxygen atoms in total. The van der Waals surface area contributed by atoms with E-state index >= 15 is 0 Å². The zero-order chi connectivity index (χ0) is 13.5. The molecule has 0 fully saturated rings. The van der Waals surface area contributed by atoms with Crippen molar-refractivity contribution in [1.82, 2.24) is 5.32 Å². The number of benzene rings is 1. The largest absolute Gasteiger partial charge is 0.464 e. The molecule has 1 N–H and O–H groups in total. The molecule has 0 aromatic heterocycles. The first-order valence-electron chi connectivity index (χ1n) is 5.62. The number of terminal acetylenes is 1. The molecule has 0 bridgehead atoms. The molecule has 0 aliphatic heterocycles. The van der Waals surface area contributed by atoms with Gasteiger partial charge in [0.2, 0.25) is 0 Å². The van der Waals surface area contributed by atoms with E-state index in [9.17, 15) is 9.59 Å². The highest BCUT2D eigenvalue weighted by molar-refractivity contribution is 5.96. The van der Waals surface area contributed by atoms with Crippen LogP contribution in [0.5, 0.6) is 0 Å². The molecule has 18 heavy (non-hydrogen) atoms. The Labute approximate surface area is 106 Å². The van der Waals surface area contributed by atoms with Gasteiger partial charge in [0.15, 0.2) is 0 Å². The fourth-order valence-electron chi connectivity index (χ4n) is 1.32. The SMILES string of the molecule is C#Cc1ccc(C(=O)NC(C)C(=O)OCC)cc1. The molecule has 1 aromatic carbocycles. The van der Waals surface area contributed by atoms with Crippen molar-refractivity contribution in [2.24, 2.45) is 0 Å². The van der Waals surface area contributed by atoms with Gasteiger partial charge in [-0.05, 0) is 38.1 Å². The minimum absolute atomic E-state index is 0.288. The van der Waals surface area contributed by atoms with Gasteiger partial charge in [-0.1, -0.05) is 5.92 Å². The first-order valence-corrected chi connectivity index (χ1v) is 5.62. The molecule has 4 heteroatoms. The number of esters is 1. The Balaban J connectivity index is 2.65. The van der Waals surface area contributed by atoms with Gasteiger partial charge in [0.25, 0.3) is 5.91 Å². The molecule has 1 rings (SSSR count). The number of hydrogen-bond donors (Lipinski definition) is 1. The minimum Gasteiger partial charge on any atom is -0.464 e. The van der Waals surface area contributed by atoms with Gasteiger partial charge in [0, 0.05) is 11.1 Å². The number of hydrogen-bond acceptors (Lipinski definition) is 3. The minimum atomic E-state index is -0.676. The second-order valence-corrected chi connectivity index (χ2v) is 3.67. The summed E-state index contributed by atoms with van der Waals surface area (Å²) in [5, 5.41) is 2.55. The summed E-state index contributed by atoms with van der Waals surface area (Å²) in [7, 11) is 0. The van der Waals surface area contributed by atoms with Gasteiger partial charge in [0.05, 0.1) is 6.61 Å². The first-order chi connectivity index (χ1) is 8.58. The van der Waals surface area contributed by atoms with Crippen LogP contribution in [0, 0.1) is 12.3 Å². The van der Waals surface area contributed by atoms with E-state index in [4.69, 9.17) is 11.2 Å². The van der Waals surface area contributed by atoms with Crippen LogP contribution in [0.25, 0.3) is 0 Å². The van der Waals surface area contributed by atoms with Gasteiger partial charge in [-0.15, -0.1) is 6.42 Å². The smallest absolute Gasteiger partial charge is 0.328 e. The lowest BCUT2D eigenvalue weighted by Gasteiger charge is -2.12. The van der Waals surface area contributed by atoms with Crippen LogP contribution < -0.4 is 5.32 Å². The normalized spacial score (nSPS) is 11.2. The molecule has 1 amide bonds. The maximum Gasteiger partial charge on any atom is 0.328 e. The predicted octanol–water partition coefficient (Wildman–Crippen LogP) is 1.35. The average molecular weight is 245 g/mol. The van der Waals surface area contributed by atoms with E-state index in [-0.39, 0.29) is 12.5 Å². The Morgan fingerprint density at radius 1 is 1.39 bits per heavy atom. The van der Waals surface area contributed by atoms with E-state index in [1.807, 2.05) is 0 Å². The van der Waals surface area contributed by atoms with Crippen LogP contribution >= 0.6 is 0 Å². The molecule has 94 valence electrons. The van der Waals surface area contributed by atoms with Crippen LogP contribution in [-0.2, 0) is 9.53 Å². The summed E-state index contributed by atoms with van der Waals surface area (Å²) in [6.07, 6.45) is 5.22. The second-order valence-electron chi connectivity index (χ2n) is 3.67. The lowest BCUT2D eigenvalue weighted by molar-refractivity contribution is -0.144. The topological polar surface area (TPSA) is 55.4 Å². The lowest BCUT2D eigenvalue weighted by Crippen LogP contribution is -2.39. The van der Waals surface area contributed by atoms with E-state index in [2.05, 4.69) is 11.2 Å². The Hall–Kier alpha value is -2.28. The van der Waals surface area contributed by atoms with Crippen LogP contribution in [0.1, 0.15) is 29.8 Å². The zero-order valence-corrected chi connectivity index (χ0v) is 10.4. The number of rotatable bonds is 4. The maximum absolute atomic E-state index is 11.8. The van der Waals surface area contributed by atoms with Gasteiger partial charge >= 0.3 is 5.97 Å². The van der Waals surface area contributed by atoms with Gasteiger partial charge in [-0.2, -0.15) is 0 Å². The number of nitrogens with one attached hydrogen (secondary N) is 1. The van der Waals surface area contributed by atoms with Crippen LogP contribution in [0.4, 0.5) is 0 Å². The van der Waals surface area contributed by atoms with Gasteiger partial charge in [-0.3, -0.25) is 4.79 Å². The summed E-state index contributed by atoms with van der Waals surface area (Å²) < 4.78 is 4.80. The molecule has 1 aromatic rings. The third-order valence-corrected chi connectivity index (χ3v) is 2.30. The molecule has 0 spiro atoms. The number of ether oxygens (including phenoxy) is 1. The van der Waals surface area contributed by atoms with Crippen molar-refractivity contribution in [3.05, 3.63) is 35.4 Å². The molecule has 0 heterocycles. The summed E-state index contributed by atoms with van der Waals surface area (Å²) >= 11 is 0. The van der Waals surface area contributed by atoms with Gasteiger partial charge < -0.3 is 10.1 Å². The summed E-state index contributed by atoms with van der Waals surface area (Å²) in [6, 6.07) is 5.89. The van der Waals surface area contributed by atoms with E-state index in [0.29, 0.717) is 11.1 Å². The predicted molar refractivity (Wildman–Crippen MR) is 67.9 cm³/mol. The highest BCUT2D eigenvalue weighted by atomic mass is 16.5. The Kier molecular flexibility index (Phi) is 4.94. The second kappa shape index (κ2) is 6.45. The summed E-state index contributed by atoms with van der Waals surface area (Å²) in [5.74, 6) is 1.68. The molecule has 0 aliphatic carbocycles. The molecule has 1 unspecified atom stereocenters. The molecule has 0 aliphatic rings. The highest BCUT2D eigenvalue weighted by Gasteiger charge is 2.17. The Bertz CT molecular complexity index is 471. The van der Waals surface area contributed by atoms with E-state index in [1.165, 1.54) is 0 Å². The van der Waals surface area contributed by atoms with Crippen molar-refractivity contribution in [3.8, 4) is 12.3 Å². The van der Waals surface area contributed by atoms with Crippen molar-refractivity contribution in [2.45, 2.75) is 19.9 Å². The van der Waals surface area contributed by atoms with Crippen LogP contribution in [0.3, 0.4) is 0 Å². The van der Waals surface area contributed by atoms with E-state index in [1.54, 1.807) is 38.1 Å². The van der Waals surface area contributed by atoms with Crippen molar-refractivity contribution in [2.75, 3.05) is 6.61 Å². The van der Waals surface area contributed by atoms with Gasteiger partial charge in [0.1, 0.15) is 6.04 Å². The zero-order valence-electron chi connectivity index (χ0n) is 10.4. The van der Waals surface area contributed by atoms with Crippen molar-refractivity contribution in [3.63, 3.8) is 0 Å². The van der Waals surface area contributed by atoms with Crippen molar-refractivity contribution < 1.29 is 14.3 Å². The number of amides is 1. The fourth-order valence-corrected chi connectivity index (χ4v) is 1.32. The Morgan fingerprint density at radius 3 is 2.50 bits per heavy atom. The lowest BCUT2D eigenvalue weighted by atomic mass is 10.1. The number of carbonyl (C=O) groups excluding carboxylic acids is 2. The summed E-state index contributed by atoms with van der Waals surface area (Å²) in [5.41, 5.74) is 1.15. The highest BCUT2D eigenvalue weighted by Crippen LogP contribution is 2.03. The third kappa shape index (κ3) is 3.63. The standard InChI is InChI=1S/C14H15NO3/c1-4-11-6-8-12(9-7-11)13(16)15-10(3)14(17)18-5-2/h1,6-10H,5H2,2-3H3,(H,15,16). The van der Waals surface area contributed by atoms with Crippen LogP contribution in [0.2, 0.25) is 0 Å². The fraction of sp³-hybridized carbons (Fsp3) is 0.286. The monoisotopic (exact) mass is 245 g/mol. The van der Waals surface area contributed by atoms with Gasteiger partial charge in [-0.25, -0.2) is 4.79 Å². The van der Waals surface area contributed by atoms with E-state index < -0.39 is 12.0 Å². The average Bonchev–Trinajstić information content (AvgIpc) is 2.39. The van der Waals surface area contributed by atoms with Crippen LogP contribution in [-0.4, -0.2) is 24.5 Å². The molecular formula is C14H15NO3. The van der Waals surface area contributed by atoms with E-state index in [0.717, 1.165) is 0 Å². The molecule has 1 atom stereocenters. The summed E-state index contributed by atoms with van der Waals surface area (Å²) in [6.45, 7) is 3.58. The third-order valence-electron chi connectivity index (χ3n) is 2.30. The first kappa shape index (κ1) is 13.8. The number of carbonyl (C=O) groups is 2. The Morgan fingerprint density at radius 2 is 2.00 bits per heavy atom.